The molecular formula is C32H39NO4S. The fourth-order valence-corrected chi connectivity index (χ4v) is 6.97. The Balaban J connectivity index is 1.43. The number of hydrogen-bond donors (Lipinski definition) is 1. The molecule has 202 valence electrons. The monoisotopic (exact) mass is 533 g/mol. The van der Waals surface area contributed by atoms with Crippen molar-refractivity contribution in [3.63, 3.8) is 0 Å². The summed E-state index contributed by atoms with van der Waals surface area (Å²) < 4.78 is 38.3. The molecule has 3 aromatic rings. The fourth-order valence-electron chi connectivity index (χ4n) is 6.41. The van der Waals surface area contributed by atoms with Crippen LogP contribution in [0.4, 0.5) is 5.69 Å². The Labute approximate surface area is 227 Å². The van der Waals surface area contributed by atoms with Gasteiger partial charge in [-0.1, -0.05) is 42.5 Å². The van der Waals surface area contributed by atoms with E-state index in [9.17, 15) is 8.42 Å². The first-order chi connectivity index (χ1) is 18.3. The van der Waals surface area contributed by atoms with Crippen LogP contribution in [-0.2, 0) is 33.0 Å². The molecule has 1 unspecified atom stereocenters. The summed E-state index contributed by atoms with van der Waals surface area (Å²) in [6.45, 7) is 2.99. The van der Waals surface area contributed by atoms with Gasteiger partial charge in [-0.05, 0) is 110 Å². The summed E-state index contributed by atoms with van der Waals surface area (Å²) in [6.07, 6.45) is 9.32. The Morgan fingerprint density at radius 1 is 0.895 bits per heavy atom. The van der Waals surface area contributed by atoms with Crippen LogP contribution in [0.3, 0.4) is 0 Å². The molecule has 0 bridgehead atoms. The summed E-state index contributed by atoms with van der Waals surface area (Å²) in [7, 11) is -1.55. The number of hydrogen-bond acceptors (Lipinski definition) is 4. The van der Waals surface area contributed by atoms with E-state index in [1.807, 2.05) is 19.2 Å². The standard InChI is InChI=1S/C32H39NO4S/c1-32(26-8-6-9-27(22-26)33-38(3,34)35)30-10-5-4-7-24(30)13-14-25-21-29(17-18-31(25)32)37-20-19-23-11-15-28(36-2)16-12-23/h4-10,17-18,21-23,28,33H,11-16,19-20H2,1-3H3. The van der Waals surface area contributed by atoms with Gasteiger partial charge in [0.05, 0.1) is 19.0 Å². The average Bonchev–Trinajstić information content (AvgIpc) is 3.03. The van der Waals surface area contributed by atoms with Crippen LogP contribution in [0.1, 0.15) is 66.8 Å². The quantitative estimate of drug-likeness (QED) is 0.360. The zero-order chi connectivity index (χ0) is 26.8. The zero-order valence-electron chi connectivity index (χ0n) is 22.7. The average molecular weight is 534 g/mol. The van der Waals surface area contributed by atoms with E-state index in [1.54, 1.807) is 6.07 Å². The Morgan fingerprint density at radius 3 is 2.39 bits per heavy atom. The molecule has 0 spiro atoms. The second-order valence-electron chi connectivity index (χ2n) is 11.1. The van der Waals surface area contributed by atoms with E-state index < -0.39 is 15.4 Å². The maximum Gasteiger partial charge on any atom is 0.229 e. The highest BCUT2D eigenvalue weighted by molar-refractivity contribution is 7.92. The maximum atomic E-state index is 11.9. The molecule has 2 aliphatic rings. The van der Waals surface area contributed by atoms with Crippen LogP contribution in [-0.4, -0.2) is 34.5 Å². The predicted octanol–water partition coefficient (Wildman–Crippen LogP) is 6.49. The van der Waals surface area contributed by atoms with Gasteiger partial charge in [0.1, 0.15) is 5.75 Å². The summed E-state index contributed by atoms with van der Waals surface area (Å²) in [6, 6.07) is 23.0. The van der Waals surface area contributed by atoms with Crippen molar-refractivity contribution >= 4 is 15.7 Å². The molecule has 1 N–H and O–H groups in total. The molecule has 0 saturated heterocycles. The van der Waals surface area contributed by atoms with Crippen molar-refractivity contribution in [2.24, 2.45) is 5.92 Å². The summed E-state index contributed by atoms with van der Waals surface area (Å²) >= 11 is 0. The summed E-state index contributed by atoms with van der Waals surface area (Å²) in [4.78, 5) is 0. The molecule has 0 amide bonds. The zero-order valence-corrected chi connectivity index (χ0v) is 23.5. The van der Waals surface area contributed by atoms with Crippen molar-refractivity contribution in [3.8, 4) is 5.75 Å². The van der Waals surface area contributed by atoms with Crippen LogP contribution in [0.5, 0.6) is 5.75 Å². The predicted molar refractivity (Wildman–Crippen MR) is 154 cm³/mol. The van der Waals surface area contributed by atoms with Crippen LogP contribution in [0.15, 0.2) is 66.7 Å². The van der Waals surface area contributed by atoms with Gasteiger partial charge < -0.3 is 9.47 Å². The van der Waals surface area contributed by atoms with E-state index in [-0.39, 0.29) is 0 Å². The van der Waals surface area contributed by atoms with Crippen molar-refractivity contribution in [2.75, 3.05) is 24.7 Å². The van der Waals surface area contributed by atoms with Crippen molar-refractivity contribution in [2.45, 2.75) is 63.4 Å². The van der Waals surface area contributed by atoms with Gasteiger partial charge in [-0.15, -0.1) is 0 Å². The molecule has 3 aromatic carbocycles. The van der Waals surface area contributed by atoms with Gasteiger partial charge in [0.15, 0.2) is 0 Å². The normalized spacial score (nSPS) is 23.1. The first kappa shape index (κ1) is 26.8. The van der Waals surface area contributed by atoms with E-state index >= 15 is 0 Å². The van der Waals surface area contributed by atoms with Gasteiger partial charge in [0.2, 0.25) is 10.0 Å². The number of nitrogens with one attached hydrogen (secondary N) is 1. The van der Waals surface area contributed by atoms with Gasteiger partial charge in [-0.3, -0.25) is 4.72 Å². The molecular weight excluding hydrogens is 494 g/mol. The van der Waals surface area contributed by atoms with Crippen LogP contribution >= 0.6 is 0 Å². The number of ether oxygens (including phenoxy) is 2. The summed E-state index contributed by atoms with van der Waals surface area (Å²) in [5, 5.41) is 0. The number of aryl methyl sites for hydroxylation is 2. The van der Waals surface area contributed by atoms with Crippen LogP contribution in [0.25, 0.3) is 0 Å². The first-order valence-electron chi connectivity index (χ1n) is 13.7. The lowest BCUT2D eigenvalue weighted by Crippen LogP contribution is -2.27. The second-order valence-corrected chi connectivity index (χ2v) is 12.8. The van der Waals surface area contributed by atoms with Crippen molar-refractivity contribution in [1.29, 1.82) is 0 Å². The van der Waals surface area contributed by atoms with Crippen LogP contribution in [0, 0.1) is 5.92 Å². The van der Waals surface area contributed by atoms with E-state index in [1.165, 1.54) is 41.4 Å². The minimum Gasteiger partial charge on any atom is -0.494 e. The molecule has 38 heavy (non-hydrogen) atoms. The Hall–Kier alpha value is -2.83. The van der Waals surface area contributed by atoms with Gasteiger partial charge in [0.25, 0.3) is 0 Å². The minimum absolute atomic E-state index is 0.429. The number of sulfonamides is 1. The smallest absolute Gasteiger partial charge is 0.229 e. The summed E-state index contributed by atoms with van der Waals surface area (Å²) in [5.41, 5.74) is 6.30. The van der Waals surface area contributed by atoms with E-state index in [4.69, 9.17) is 9.47 Å². The molecule has 5 rings (SSSR count). The lowest BCUT2D eigenvalue weighted by Gasteiger charge is -2.34. The third-order valence-corrected chi connectivity index (χ3v) is 9.11. The SMILES string of the molecule is COC1CCC(CCOc2ccc3c(c2)CCc2ccccc2C3(C)c2cccc(NS(C)(=O)=O)c2)CC1. The molecule has 2 aliphatic carbocycles. The Kier molecular flexibility index (Phi) is 7.83. The lowest BCUT2D eigenvalue weighted by atomic mass is 9.69. The van der Waals surface area contributed by atoms with E-state index in [0.717, 1.165) is 50.0 Å². The third-order valence-electron chi connectivity index (χ3n) is 8.50. The van der Waals surface area contributed by atoms with Crippen molar-refractivity contribution in [1.82, 2.24) is 0 Å². The first-order valence-corrected chi connectivity index (χ1v) is 15.6. The molecule has 0 aliphatic heterocycles. The van der Waals surface area contributed by atoms with E-state index in [0.29, 0.717) is 17.7 Å². The maximum absolute atomic E-state index is 11.9. The molecule has 6 heteroatoms. The van der Waals surface area contributed by atoms with Crippen LogP contribution in [0.2, 0.25) is 0 Å². The molecule has 1 saturated carbocycles. The minimum atomic E-state index is -3.37. The van der Waals surface area contributed by atoms with Crippen LogP contribution < -0.4 is 9.46 Å². The second kappa shape index (κ2) is 11.1. The molecule has 5 nitrogen and oxygen atoms in total. The Bertz CT molecular complexity index is 1380. The topological polar surface area (TPSA) is 64.6 Å². The van der Waals surface area contributed by atoms with Gasteiger partial charge in [-0.25, -0.2) is 8.42 Å². The molecule has 0 radical (unpaired) electrons. The highest BCUT2D eigenvalue weighted by Gasteiger charge is 2.37. The largest absolute Gasteiger partial charge is 0.494 e. The molecule has 0 aromatic heterocycles. The highest BCUT2D eigenvalue weighted by Crippen LogP contribution is 2.45. The number of rotatable bonds is 8. The number of benzene rings is 3. The van der Waals surface area contributed by atoms with Crippen molar-refractivity contribution < 1.29 is 17.9 Å². The van der Waals surface area contributed by atoms with Crippen molar-refractivity contribution in [3.05, 3.63) is 94.5 Å². The van der Waals surface area contributed by atoms with Gasteiger partial charge >= 0.3 is 0 Å². The highest BCUT2D eigenvalue weighted by atomic mass is 32.2. The molecule has 0 heterocycles. The third kappa shape index (κ3) is 5.76. The summed E-state index contributed by atoms with van der Waals surface area (Å²) in [5.74, 6) is 1.64. The fraction of sp³-hybridized carbons (Fsp3) is 0.438. The lowest BCUT2D eigenvalue weighted by molar-refractivity contribution is 0.0532. The Morgan fingerprint density at radius 2 is 1.63 bits per heavy atom. The molecule has 1 atom stereocenters. The number of anilines is 1. The van der Waals surface area contributed by atoms with Gasteiger partial charge in [-0.2, -0.15) is 0 Å². The number of fused-ring (bicyclic) bond motifs is 2. The number of methoxy groups -OCH3 is 1. The van der Waals surface area contributed by atoms with Gasteiger partial charge in [0, 0.05) is 18.2 Å². The molecule has 1 fully saturated rings. The van der Waals surface area contributed by atoms with E-state index in [2.05, 4.69) is 60.2 Å².